The van der Waals surface area contributed by atoms with E-state index < -0.39 is 4.92 Å². The van der Waals surface area contributed by atoms with Gasteiger partial charge in [-0.2, -0.15) is 0 Å². The maximum Gasteiger partial charge on any atom is 0.276 e. The second-order valence-electron chi connectivity index (χ2n) is 3.05. The lowest BCUT2D eigenvalue weighted by Gasteiger charge is -2.03. The molecule has 0 aliphatic heterocycles. The van der Waals surface area contributed by atoms with Crippen LogP contribution in [0.4, 0.5) is 5.69 Å². The minimum absolute atomic E-state index is 0.0713. The number of aromatic nitrogens is 2. The predicted molar refractivity (Wildman–Crippen MR) is 62.9 cm³/mol. The van der Waals surface area contributed by atoms with E-state index in [1.807, 2.05) is 0 Å². The quantitative estimate of drug-likeness (QED) is 0.642. The highest BCUT2D eigenvalue weighted by atomic mass is 79.9. The van der Waals surface area contributed by atoms with Crippen molar-refractivity contribution < 1.29 is 9.66 Å². The normalized spacial score (nSPS) is 9.94. The molecule has 0 fully saturated rings. The van der Waals surface area contributed by atoms with Crippen LogP contribution >= 0.6 is 15.9 Å². The average Bonchev–Trinajstić information content (AvgIpc) is 2.29. The van der Waals surface area contributed by atoms with Crippen LogP contribution in [0.25, 0.3) is 0 Å². The van der Waals surface area contributed by atoms with Gasteiger partial charge in [-0.1, -0.05) is 0 Å². The Morgan fingerprint density at radius 1 is 1.35 bits per heavy atom. The molecule has 0 aromatic carbocycles. The zero-order valence-electron chi connectivity index (χ0n) is 8.41. The molecule has 0 aliphatic carbocycles. The minimum Gasteiger partial charge on any atom is -0.437 e. The zero-order chi connectivity index (χ0) is 12.3. The Morgan fingerprint density at radius 3 is 2.88 bits per heavy atom. The second kappa shape index (κ2) is 4.88. The Bertz CT molecular complexity index is 562. The third-order valence-corrected chi connectivity index (χ3v) is 2.27. The number of nitrogens with zero attached hydrogens (tertiary/aromatic N) is 3. The minimum atomic E-state index is -0.506. The first kappa shape index (κ1) is 11.5. The van der Waals surface area contributed by atoms with Crippen molar-refractivity contribution in [3.63, 3.8) is 0 Å². The highest BCUT2D eigenvalue weighted by Gasteiger charge is 2.08. The largest absolute Gasteiger partial charge is 0.437 e. The first-order valence-corrected chi connectivity index (χ1v) is 5.33. The summed E-state index contributed by atoms with van der Waals surface area (Å²) in [6.45, 7) is 0. The number of ether oxygens (including phenoxy) is 1. The molecule has 0 radical (unpaired) electrons. The first-order valence-electron chi connectivity index (χ1n) is 4.54. The number of pyridine rings is 2. The first-order chi connectivity index (χ1) is 8.15. The van der Waals surface area contributed by atoms with Crippen molar-refractivity contribution >= 4 is 21.6 Å². The van der Waals surface area contributed by atoms with Crippen molar-refractivity contribution in [3.8, 4) is 11.6 Å². The Kier molecular flexibility index (Phi) is 3.29. The van der Waals surface area contributed by atoms with Crippen LogP contribution in [0, 0.1) is 10.1 Å². The summed E-state index contributed by atoms with van der Waals surface area (Å²) in [7, 11) is 0. The van der Waals surface area contributed by atoms with Gasteiger partial charge in [0.2, 0.25) is 5.88 Å². The SMILES string of the molecule is O=[N+]([O-])c1ccnc(Oc2cncc(Br)c2)c1. The fourth-order valence-electron chi connectivity index (χ4n) is 1.14. The molecular weight excluding hydrogens is 290 g/mol. The van der Waals surface area contributed by atoms with Gasteiger partial charge in [0, 0.05) is 22.9 Å². The van der Waals surface area contributed by atoms with Gasteiger partial charge in [-0.3, -0.25) is 15.1 Å². The molecule has 7 heteroatoms. The van der Waals surface area contributed by atoms with Crippen LogP contribution in [0.15, 0.2) is 41.3 Å². The van der Waals surface area contributed by atoms with E-state index in [1.54, 1.807) is 12.3 Å². The van der Waals surface area contributed by atoms with Crippen molar-refractivity contribution in [3.05, 3.63) is 51.4 Å². The molecule has 6 nitrogen and oxygen atoms in total. The molecule has 0 atom stereocenters. The van der Waals surface area contributed by atoms with Crippen LogP contribution in [-0.4, -0.2) is 14.9 Å². The summed E-state index contributed by atoms with van der Waals surface area (Å²) < 4.78 is 6.09. The second-order valence-corrected chi connectivity index (χ2v) is 3.97. The number of halogens is 1. The highest BCUT2D eigenvalue weighted by Crippen LogP contribution is 2.23. The zero-order valence-corrected chi connectivity index (χ0v) is 9.99. The molecule has 0 amide bonds. The molecule has 0 aliphatic rings. The number of hydrogen-bond acceptors (Lipinski definition) is 5. The summed E-state index contributed by atoms with van der Waals surface area (Å²) >= 11 is 3.24. The lowest BCUT2D eigenvalue weighted by atomic mass is 10.4. The van der Waals surface area contributed by atoms with E-state index in [9.17, 15) is 10.1 Å². The molecule has 2 aromatic rings. The molecular formula is C10H6BrN3O3. The van der Waals surface area contributed by atoms with Gasteiger partial charge >= 0.3 is 0 Å². The summed E-state index contributed by atoms with van der Waals surface area (Å²) in [5, 5.41) is 10.6. The number of hydrogen-bond donors (Lipinski definition) is 0. The predicted octanol–water partition coefficient (Wildman–Crippen LogP) is 2.94. The standard InChI is InChI=1S/C10H6BrN3O3/c11-7-3-9(6-12-5-7)17-10-4-8(14(15)16)1-2-13-10/h1-6H. The third kappa shape index (κ3) is 2.97. The lowest BCUT2D eigenvalue weighted by molar-refractivity contribution is -0.385. The van der Waals surface area contributed by atoms with E-state index in [1.165, 1.54) is 24.5 Å². The summed E-state index contributed by atoms with van der Waals surface area (Å²) in [6.07, 6.45) is 4.41. The fourth-order valence-corrected chi connectivity index (χ4v) is 1.48. The van der Waals surface area contributed by atoms with Crippen LogP contribution < -0.4 is 4.74 Å². The maximum absolute atomic E-state index is 10.6. The maximum atomic E-state index is 10.6. The van der Waals surface area contributed by atoms with Crippen molar-refractivity contribution in [2.45, 2.75) is 0 Å². The number of rotatable bonds is 3. The molecule has 0 saturated heterocycles. The molecule has 0 spiro atoms. The van der Waals surface area contributed by atoms with Crippen LogP contribution in [0.2, 0.25) is 0 Å². The molecule has 86 valence electrons. The smallest absolute Gasteiger partial charge is 0.276 e. The highest BCUT2D eigenvalue weighted by molar-refractivity contribution is 9.10. The Labute approximate surface area is 105 Å². The Morgan fingerprint density at radius 2 is 2.18 bits per heavy atom. The van der Waals surface area contributed by atoms with Gasteiger partial charge in [0.1, 0.15) is 5.75 Å². The molecule has 2 aromatic heterocycles. The molecule has 2 rings (SSSR count). The number of nitro groups is 1. The van der Waals surface area contributed by atoms with E-state index in [-0.39, 0.29) is 11.6 Å². The lowest BCUT2D eigenvalue weighted by Crippen LogP contribution is -1.92. The monoisotopic (exact) mass is 295 g/mol. The Hall–Kier alpha value is -2.02. The van der Waals surface area contributed by atoms with Crippen LogP contribution in [0.1, 0.15) is 0 Å². The van der Waals surface area contributed by atoms with E-state index >= 15 is 0 Å². The Balaban J connectivity index is 2.24. The summed E-state index contributed by atoms with van der Waals surface area (Å²) in [5.74, 6) is 0.603. The van der Waals surface area contributed by atoms with Gasteiger partial charge in [-0.15, -0.1) is 0 Å². The summed E-state index contributed by atoms with van der Waals surface area (Å²) in [6, 6.07) is 4.24. The van der Waals surface area contributed by atoms with Gasteiger partial charge in [0.05, 0.1) is 17.2 Å². The van der Waals surface area contributed by atoms with Crippen molar-refractivity contribution in [1.29, 1.82) is 0 Å². The van der Waals surface area contributed by atoms with E-state index in [0.717, 1.165) is 4.47 Å². The molecule has 0 saturated carbocycles. The van der Waals surface area contributed by atoms with Crippen LogP contribution in [0.5, 0.6) is 11.6 Å². The molecule has 17 heavy (non-hydrogen) atoms. The van der Waals surface area contributed by atoms with Crippen LogP contribution in [0.3, 0.4) is 0 Å². The van der Waals surface area contributed by atoms with Gasteiger partial charge in [0.15, 0.2) is 0 Å². The van der Waals surface area contributed by atoms with Gasteiger partial charge < -0.3 is 4.74 Å². The van der Waals surface area contributed by atoms with Gasteiger partial charge in [-0.05, 0) is 22.0 Å². The van der Waals surface area contributed by atoms with Gasteiger partial charge in [-0.25, -0.2) is 4.98 Å². The molecule has 0 N–H and O–H groups in total. The summed E-state index contributed by atoms with van der Waals surface area (Å²) in [5.41, 5.74) is -0.0713. The van der Waals surface area contributed by atoms with Crippen LogP contribution in [-0.2, 0) is 0 Å². The van der Waals surface area contributed by atoms with Crippen molar-refractivity contribution in [1.82, 2.24) is 9.97 Å². The van der Waals surface area contributed by atoms with Crippen molar-refractivity contribution in [2.24, 2.45) is 0 Å². The summed E-state index contributed by atoms with van der Waals surface area (Å²) in [4.78, 5) is 17.8. The average molecular weight is 296 g/mol. The molecule has 2 heterocycles. The topological polar surface area (TPSA) is 78.2 Å². The molecule has 0 unspecified atom stereocenters. The van der Waals surface area contributed by atoms with E-state index in [4.69, 9.17) is 4.74 Å². The van der Waals surface area contributed by atoms with E-state index in [0.29, 0.717) is 5.75 Å². The fraction of sp³-hybridized carbons (Fsp3) is 0. The van der Waals surface area contributed by atoms with Gasteiger partial charge in [0.25, 0.3) is 5.69 Å². The van der Waals surface area contributed by atoms with Crippen molar-refractivity contribution in [2.75, 3.05) is 0 Å². The third-order valence-electron chi connectivity index (χ3n) is 1.83. The molecule has 0 bridgehead atoms. The van der Waals surface area contributed by atoms with E-state index in [2.05, 4.69) is 25.9 Å².